The summed E-state index contributed by atoms with van der Waals surface area (Å²) in [6, 6.07) is 10.6. The lowest BCUT2D eigenvalue weighted by Gasteiger charge is -2.22. The number of rotatable bonds is 12. The van der Waals surface area contributed by atoms with Gasteiger partial charge in [0, 0.05) is 0 Å². The molecular formula is C22H29N3O7S3. The maximum absolute atomic E-state index is 12.7. The number of carbonyl (C=O) groups excluding carboxylic acids is 2. The van der Waals surface area contributed by atoms with Crippen molar-refractivity contribution in [3.63, 3.8) is 0 Å². The molecule has 0 saturated carbocycles. The van der Waals surface area contributed by atoms with E-state index in [4.69, 9.17) is 0 Å². The molecule has 1 aromatic heterocycles. The number of hydrogen-bond donors (Lipinski definition) is 3. The molecule has 192 valence electrons. The molecule has 3 N–H and O–H groups in total. The summed E-state index contributed by atoms with van der Waals surface area (Å²) in [6.07, 6.45) is 0.901. The highest BCUT2D eigenvalue weighted by molar-refractivity contribution is 7.89. The zero-order valence-corrected chi connectivity index (χ0v) is 21.5. The summed E-state index contributed by atoms with van der Waals surface area (Å²) in [7, 11) is -8.26. The predicted octanol–water partition coefficient (Wildman–Crippen LogP) is 1.83. The smallest absolute Gasteiger partial charge is 0.325 e. The molecule has 1 aliphatic rings. The monoisotopic (exact) mass is 543 g/mol. The molecule has 1 saturated heterocycles. The van der Waals surface area contributed by atoms with Crippen molar-refractivity contribution < 1.29 is 30.6 Å². The van der Waals surface area contributed by atoms with Crippen molar-refractivity contribution in [3.8, 4) is 0 Å². The lowest BCUT2D eigenvalue weighted by Crippen LogP contribution is -2.49. The van der Waals surface area contributed by atoms with Crippen molar-refractivity contribution in [1.82, 2.24) is 15.4 Å². The van der Waals surface area contributed by atoms with Crippen LogP contribution in [0, 0.1) is 5.92 Å². The van der Waals surface area contributed by atoms with E-state index in [1.807, 2.05) is 0 Å². The number of sulfonamides is 1. The molecule has 2 aromatic rings. The predicted molar refractivity (Wildman–Crippen MR) is 132 cm³/mol. The molecule has 0 unspecified atom stereocenters. The standard InChI is InChI=1S/C22H29N3O7S3/c26-21(32-34(28,29)15-5-6-17-10-12-23-13-11-17)16-20(24-22(27)19-9-4-14-33-19)25-35(30,31)18-7-2-1-3-8-18/h1-4,7-9,14,17,20,23,25H,5-6,10-13,15-16H2,(H,24,27)/t20-/m0/s1. The number of piperidine rings is 1. The van der Waals surface area contributed by atoms with Crippen LogP contribution < -0.4 is 15.4 Å². The van der Waals surface area contributed by atoms with E-state index < -0.39 is 44.6 Å². The number of thiophene rings is 1. The van der Waals surface area contributed by atoms with Gasteiger partial charge in [-0.25, -0.2) is 8.42 Å². The minimum Gasteiger partial charge on any atom is -0.346 e. The summed E-state index contributed by atoms with van der Waals surface area (Å²) in [4.78, 5) is 25.1. The lowest BCUT2D eigenvalue weighted by molar-refractivity contribution is -0.134. The van der Waals surface area contributed by atoms with Crippen LogP contribution >= 0.6 is 11.3 Å². The molecular weight excluding hydrogens is 514 g/mol. The van der Waals surface area contributed by atoms with Gasteiger partial charge in [-0.05, 0) is 68.3 Å². The average Bonchev–Trinajstić information content (AvgIpc) is 3.35. The summed E-state index contributed by atoms with van der Waals surface area (Å²) in [5, 5.41) is 7.35. The highest BCUT2D eigenvalue weighted by Gasteiger charge is 2.27. The van der Waals surface area contributed by atoms with Gasteiger partial charge in [-0.3, -0.25) is 9.59 Å². The largest absolute Gasteiger partial charge is 0.346 e. The van der Waals surface area contributed by atoms with Gasteiger partial charge in [-0.2, -0.15) is 13.1 Å². The minimum absolute atomic E-state index is 0.0747. The van der Waals surface area contributed by atoms with Gasteiger partial charge in [0.2, 0.25) is 10.0 Å². The Morgan fingerprint density at radius 2 is 1.77 bits per heavy atom. The normalized spacial score (nSPS) is 15.9. The molecule has 0 radical (unpaired) electrons. The van der Waals surface area contributed by atoms with Crippen molar-refractivity contribution in [2.45, 2.75) is 43.2 Å². The molecule has 3 rings (SSSR count). The molecule has 0 bridgehead atoms. The molecule has 0 aliphatic carbocycles. The summed E-state index contributed by atoms with van der Waals surface area (Å²) < 4.78 is 57.0. The SMILES string of the molecule is O=C(C[C@@H](NC(=O)c1cccs1)NS(=O)(=O)c1ccccc1)OS(=O)(=O)CCCC1CCNCC1. The van der Waals surface area contributed by atoms with Crippen LogP contribution in [0.4, 0.5) is 0 Å². The summed E-state index contributed by atoms with van der Waals surface area (Å²) in [5.41, 5.74) is 0. The van der Waals surface area contributed by atoms with Gasteiger partial charge >= 0.3 is 16.1 Å². The molecule has 1 aliphatic heterocycles. The fourth-order valence-electron chi connectivity index (χ4n) is 3.72. The van der Waals surface area contributed by atoms with Gasteiger partial charge in [0.1, 0.15) is 6.17 Å². The van der Waals surface area contributed by atoms with Crippen LogP contribution in [0.2, 0.25) is 0 Å². The van der Waals surface area contributed by atoms with E-state index in [-0.39, 0.29) is 10.6 Å². The van der Waals surface area contributed by atoms with Crippen LogP contribution in [-0.2, 0) is 29.1 Å². The van der Waals surface area contributed by atoms with Gasteiger partial charge in [0.15, 0.2) is 0 Å². The number of benzene rings is 1. The second-order valence-electron chi connectivity index (χ2n) is 8.19. The van der Waals surface area contributed by atoms with Crippen LogP contribution in [0.1, 0.15) is 41.8 Å². The number of nitrogens with one attached hydrogen (secondary N) is 3. The van der Waals surface area contributed by atoms with Crippen molar-refractivity contribution in [1.29, 1.82) is 0 Å². The van der Waals surface area contributed by atoms with Crippen molar-refractivity contribution in [3.05, 3.63) is 52.7 Å². The van der Waals surface area contributed by atoms with Crippen molar-refractivity contribution in [2.75, 3.05) is 18.8 Å². The van der Waals surface area contributed by atoms with E-state index in [1.165, 1.54) is 30.3 Å². The Morgan fingerprint density at radius 1 is 1.06 bits per heavy atom. The van der Waals surface area contributed by atoms with E-state index in [9.17, 15) is 26.4 Å². The second-order valence-corrected chi connectivity index (χ2v) is 12.5. The van der Waals surface area contributed by atoms with Gasteiger partial charge in [-0.15, -0.1) is 11.3 Å². The Balaban J connectivity index is 1.61. The highest BCUT2D eigenvalue weighted by Crippen LogP contribution is 2.18. The Bertz CT molecular complexity index is 1180. The third kappa shape index (κ3) is 9.00. The van der Waals surface area contributed by atoms with E-state index in [1.54, 1.807) is 17.5 Å². The average molecular weight is 544 g/mol. The second kappa shape index (κ2) is 12.6. The van der Waals surface area contributed by atoms with E-state index in [2.05, 4.69) is 19.5 Å². The third-order valence-corrected chi connectivity index (χ3v) is 9.04. The lowest BCUT2D eigenvalue weighted by atomic mass is 9.94. The molecule has 1 amide bonds. The first-order chi connectivity index (χ1) is 16.6. The van der Waals surface area contributed by atoms with E-state index in [0.717, 1.165) is 43.7 Å². The van der Waals surface area contributed by atoms with Crippen LogP contribution in [-0.4, -0.2) is 53.7 Å². The first kappa shape index (κ1) is 27.3. The minimum atomic E-state index is -4.15. The molecule has 13 heteroatoms. The number of hydrogen-bond acceptors (Lipinski definition) is 9. The zero-order chi connectivity index (χ0) is 25.3. The fraction of sp³-hybridized carbons (Fsp3) is 0.455. The Kier molecular flexibility index (Phi) is 9.80. The molecule has 35 heavy (non-hydrogen) atoms. The van der Waals surface area contributed by atoms with Crippen molar-refractivity contribution in [2.24, 2.45) is 5.92 Å². The van der Waals surface area contributed by atoms with Gasteiger partial charge in [0.25, 0.3) is 5.91 Å². The maximum atomic E-state index is 12.7. The van der Waals surface area contributed by atoms with Gasteiger partial charge in [-0.1, -0.05) is 24.3 Å². The summed E-state index contributed by atoms with van der Waals surface area (Å²) >= 11 is 1.13. The number of carbonyl (C=O) groups is 2. The summed E-state index contributed by atoms with van der Waals surface area (Å²) in [6.45, 7) is 1.81. The Morgan fingerprint density at radius 3 is 2.43 bits per heavy atom. The molecule has 1 fully saturated rings. The fourth-order valence-corrected chi connectivity index (χ4v) is 6.47. The highest BCUT2D eigenvalue weighted by atomic mass is 32.2. The molecule has 10 nitrogen and oxygen atoms in total. The zero-order valence-electron chi connectivity index (χ0n) is 19.0. The molecule has 0 spiro atoms. The third-order valence-electron chi connectivity index (χ3n) is 5.46. The van der Waals surface area contributed by atoms with Crippen LogP contribution in [0.25, 0.3) is 0 Å². The maximum Gasteiger partial charge on any atom is 0.325 e. The summed E-state index contributed by atoms with van der Waals surface area (Å²) in [5.74, 6) is -1.66. The van der Waals surface area contributed by atoms with E-state index >= 15 is 0 Å². The topological polar surface area (TPSA) is 148 Å². The molecule has 2 heterocycles. The first-order valence-corrected chi connectivity index (χ1v) is 15.2. The van der Waals surface area contributed by atoms with Gasteiger partial charge < -0.3 is 14.8 Å². The Hall–Kier alpha value is -2.32. The van der Waals surface area contributed by atoms with Crippen LogP contribution in [0.15, 0.2) is 52.7 Å². The number of amides is 1. The molecule has 1 atom stereocenters. The quantitative estimate of drug-likeness (QED) is 0.271. The van der Waals surface area contributed by atoms with Crippen LogP contribution in [0.5, 0.6) is 0 Å². The van der Waals surface area contributed by atoms with Crippen molar-refractivity contribution >= 4 is 43.4 Å². The first-order valence-electron chi connectivity index (χ1n) is 11.2. The van der Waals surface area contributed by atoms with E-state index in [0.29, 0.717) is 17.2 Å². The molecule has 1 aromatic carbocycles. The Labute approximate surface area is 209 Å². The van der Waals surface area contributed by atoms with Gasteiger partial charge in [0.05, 0.1) is 21.9 Å². The van der Waals surface area contributed by atoms with Crippen LogP contribution in [0.3, 0.4) is 0 Å².